The topological polar surface area (TPSA) is 102 Å². The summed E-state index contributed by atoms with van der Waals surface area (Å²) in [5.74, 6) is -0.535. The average molecular weight is 693 g/mol. The fourth-order valence-electron chi connectivity index (χ4n) is 1.73. The molecule has 3 aromatic rings. The highest BCUT2D eigenvalue weighted by atomic mass is 79.9. The van der Waals surface area contributed by atoms with E-state index in [1.807, 2.05) is 0 Å². The predicted octanol–water partition coefficient (Wildman–Crippen LogP) is 6.58. The molecule has 0 aliphatic carbocycles. The maximum atomic E-state index is 11.0. The molecule has 32 heavy (non-hydrogen) atoms. The van der Waals surface area contributed by atoms with Gasteiger partial charge in [0.2, 0.25) is 0 Å². The molecule has 0 aliphatic heterocycles. The first kappa shape index (κ1) is 28.9. The van der Waals surface area contributed by atoms with Crippen molar-refractivity contribution in [3.8, 4) is 0 Å². The lowest BCUT2D eigenvalue weighted by Gasteiger charge is -2.00. The van der Waals surface area contributed by atoms with E-state index in [1.54, 1.807) is 24.4 Å². The summed E-state index contributed by atoms with van der Waals surface area (Å²) >= 11 is 26.5. The van der Waals surface area contributed by atoms with Gasteiger partial charge in [0, 0.05) is 32.0 Å². The van der Waals surface area contributed by atoms with Crippen LogP contribution in [0.25, 0.3) is 0 Å². The van der Waals surface area contributed by atoms with E-state index in [1.165, 1.54) is 19.5 Å². The predicted molar refractivity (Wildman–Crippen MR) is 133 cm³/mol. The van der Waals surface area contributed by atoms with Gasteiger partial charge in [-0.15, -0.1) is 0 Å². The number of esters is 1. The fraction of sp³-hybridized carbons (Fsp3) is 0.105. The molecule has 0 bridgehead atoms. The highest BCUT2D eigenvalue weighted by molar-refractivity contribution is 9.11. The lowest BCUT2D eigenvalue weighted by atomic mass is 10.3. The van der Waals surface area contributed by atoms with E-state index in [-0.39, 0.29) is 23.0 Å². The third-order valence-corrected chi connectivity index (χ3v) is 5.39. The minimum Gasteiger partial charge on any atom is -0.464 e. The van der Waals surface area contributed by atoms with Crippen molar-refractivity contribution < 1.29 is 19.4 Å². The summed E-state index contributed by atoms with van der Waals surface area (Å²) in [6, 6.07) is 4.90. The van der Waals surface area contributed by atoms with Crippen LogP contribution in [0.3, 0.4) is 0 Å². The van der Waals surface area contributed by atoms with Gasteiger partial charge in [-0.05, 0) is 66.0 Å². The molecule has 0 aliphatic rings. The number of halogens is 6. The maximum absolute atomic E-state index is 11.0. The number of aliphatic hydroxyl groups is 1. The van der Waals surface area contributed by atoms with Crippen LogP contribution in [0.15, 0.2) is 50.2 Å². The molecule has 0 fully saturated rings. The molecule has 1 N–H and O–H groups in total. The zero-order chi connectivity index (χ0) is 24.3. The van der Waals surface area contributed by atoms with E-state index >= 15 is 0 Å². The molecular formula is C19H13Br3Cl3N3O4. The molecule has 170 valence electrons. The minimum absolute atomic E-state index is 0.119. The summed E-state index contributed by atoms with van der Waals surface area (Å²) in [5.41, 5.74) is 0.900. The Morgan fingerprint density at radius 2 is 1.44 bits per heavy atom. The molecule has 0 saturated carbocycles. The molecule has 3 rings (SSSR count). The highest BCUT2D eigenvalue weighted by Gasteiger charge is 2.11. The number of hydrogen-bond acceptors (Lipinski definition) is 7. The second-order valence-electron chi connectivity index (χ2n) is 5.35. The van der Waals surface area contributed by atoms with Gasteiger partial charge in [-0.3, -0.25) is 14.8 Å². The number of pyridine rings is 3. The zero-order valence-corrected chi connectivity index (χ0v) is 23.1. The summed E-state index contributed by atoms with van der Waals surface area (Å²) in [6.45, 7) is -0.119. The van der Waals surface area contributed by atoms with Crippen LogP contribution < -0.4 is 0 Å². The normalized spacial score (nSPS) is 9.62. The third kappa shape index (κ3) is 9.78. The van der Waals surface area contributed by atoms with Crippen LogP contribution >= 0.6 is 82.6 Å². The van der Waals surface area contributed by atoms with Gasteiger partial charge in [-0.2, -0.15) is 0 Å². The van der Waals surface area contributed by atoms with Gasteiger partial charge in [-0.25, -0.2) is 9.78 Å². The van der Waals surface area contributed by atoms with Crippen molar-refractivity contribution >= 4 is 94.8 Å². The van der Waals surface area contributed by atoms with Crippen LogP contribution in [0, 0.1) is 0 Å². The minimum atomic E-state index is -0.535. The maximum Gasteiger partial charge on any atom is 0.358 e. The Kier molecular flexibility index (Phi) is 13.4. The van der Waals surface area contributed by atoms with Crippen molar-refractivity contribution in [3.05, 3.63) is 82.4 Å². The molecule has 3 aromatic heterocycles. The van der Waals surface area contributed by atoms with E-state index in [0.717, 1.165) is 13.4 Å². The van der Waals surface area contributed by atoms with Crippen molar-refractivity contribution in [2.45, 2.75) is 6.61 Å². The molecule has 13 heteroatoms. The molecule has 0 atom stereocenters. The van der Waals surface area contributed by atoms with Gasteiger partial charge >= 0.3 is 5.97 Å². The molecule has 0 spiro atoms. The van der Waals surface area contributed by atoms with Crippen LogP contribution in [-0.4, -0.2) is 39.4 Å². The molecule has 7 nitrogen and oxygen atoms in total. The summed E-state index contributed by atoms with van der Waals surface area (Å²) in [5, 5.41) is 9.77. The molecule has 3 heterocycles. The molecule has 0 amide bonds. The number of methoxy groups -OCH3 is 1. The second-order valence-corrected chi connectivity index (χ2v) is 9.32. The Hall–Kier alpha value is -1.14. The Morgan fingerprint density at radius 3 is 1.88 bits per heavy atom. The van der Waals surface area contributed by atoms with Gasteiger partial charge in [0.25, 0.3) is 0 Å². The van der Waals surface area contributed by atoms with E-state index in [4.69, 9.17) is 39.9 Å². The van der Waals surface area contributed by atoms with Crippen molar-refractivity contribution in [1.82, 2.24) is 15.0 Å². The molecule has 0 unspecified atom stereocenters. The monoisotopic (exact) mass is 689 g/mol. The van der Waals surface area contributed by atoms with Crippen LogP contribution in [-0.2, 0) is 11.3 Å². The summed E-state index contributed by atoms with van der Waals surface area (Å²) in [6.07, 6.45) is 5.22. The highest BCUT2D eigenvalue weighted by Crippen LogP contribution is 2.20. The van der Waals surface area contributed by atoms with Crippen LogP contribution in [0.4, 0.5) is 0 Å². The number of nitrogens with zero attached hydrogens (tertiary/aromatic N) is 3. The van der Waals surface area contributed by atoms with Crippen molar-refractivity contribution in [2.24, 2.45) is 0 Å². The number of carbonyl (C=O) groups is 2. The van der Waals surface area contributed by atoms with E-state index in [0.29, 0.717) is 22.0 Å². The lowest BCUT2D eigenvalue weighted by molar-refractivity contribution is 0.0594. The lowest BCUT2D eigenvalue weighted by Crippen LogP contribution is -2.04. The van der Waals surface area contributed by atoms with Crippen molar-refractivity contribution in [3.63, 3.8) is 0 Å². The van der Waals surface area contributed by atoms with E-state index in [2.05, 4.69) is 67.5 Å². The first-order valence-electron chi connectivity index (χ1n) is 8.19. The number of carbonyl (C=O) groups excluding carboxylic acids is 2. The number of aldehydes is 1. The number of hydrogen-bond donors (Lipinski definition) is 1. The quantitative estimate of drug-likeness (QED) is 0.244. The fourth-order valence-corrected chi connectivity index (χ4v) is 3.80. The summed E-state index contributed by atoms with van der Waals surface area (Å²) < 4.78 is 6.76. The largest absolute Gasteiger partial charge is 0.464 e. The van der Waals surface area contributed by atoms with Crippen LogP contribution in [0.1, 0.15) is 26.7 Å². The van der Waals surface area contributed by atoms with Gasteiger partial charge in [0.1, 0.15) is 5.69 Å². The van der Waals surface area contributed by atoms with Crippen LogP contribution in [0.2, 0.25) is 15.1 Å². The number of ether oxygens (including phenoxy) is 1. The van der Waals surface area contributed by atoms with Crippen molar-refractivity contribution in [1.29, 1.82) is 0 Å². The Balaban J connectivity index is 0.000000241. The van der Waals surface area contributed by atoms with Gasteiger partial charge in [-0.1, -0.05) is 34.8 Å². The van der Waals surface area contributed by atoms with E-state index in [9.17, 15) is 9.59 Å². The summed E-state index contributed by atoms with van der Waals surface area (Å²) in [7, 11) is 1.28. The number of aromatic nitrogens is 3. The SMILES string of the molecule is COC(=O)c1ncc(Br)cc1Cl.O=Cc1ncc(Br)cc1Cl.OCc1ncc(Br)cc1Cl. The second kappa shape index (κ2) is 14.9. The number of rotatable bonds is 3. The third-order valence-electron chi connectivity index (χ3n) is 3.17. The van der Waals surface area contributed by atoms with Gasteiger partial charge in [0.15, 0.2) is 12.0 Å². The molecule has 0 radical (unpaired) electrons. The van der Waals surface area contributed by atoms with Gasteiger partial charge in [0.05, 0.1) is 34.5 Å². The average Bonchev–Trinajstić information content (AvgIpc) is 2.74. The van der Waals surface area contributed by atoms with E-state index < -0.39 is 5.97 Å². The summed E-state index contributed by atoms with van der Waals surface area (Å²) in [4.78, 5) is 32.5. The van der Waals surface area contributed by atoms with Crippen LogP contribution in [0.5, 0.6) is 0 Å². The first-order chi connectivity index (χ1) is 15.1. The Morgan fingerprint density at radius 1 is 0.938 bits per heavy atom. The Bertz CT molecular complexity index is 1090. The smallest absolute Gasteiger partial charge is 0.358 e. The molecular weight excluding hydrogens is 680 g/mol. The zero-order valence-electron chi connectivity index (χ0n) is 16.0. The standard InChI is InChI=1S/C7H5BrClNO2.C6H5BrClNO.C6H3BrClNO/c1-12-7(11)6-5(9)2-4(8)3-10-6;2*7-4-1-5(8)6(3-10)9-2-4/h2-3H,1H3;1-2,10H,3H2;1-3H. The van der Waals surface area contributed by atoms with Gasteiger partial charge < -0.3 is 9.84 Å². The Labute approximate surface area is 223 Å². The number of aliphatic hydroxyl groups excluding tert-OH is 1. The van der Waals surface area contributed by atoms with Crippen molar-refractivity contribution in [2.75, 3.05) is 7.11 Å². The molecule has 0 aromatic carbocycles. The molecule has 0 saturated heterocycles. The first-order valence-corrected chi connectivity index (χ1v) is 11.7.